The van der Waals surface area contributed by atoms with E-state index < -0.39 is 5.82 Å². The molecular formula is C30H30FN5O2. The van der Waals surface area contributed by atoms with E-state index in [1.54, 1.807) is 6.20 Å². The lowest BCUT2D eigenvalue weighted by Crippen LogP contribution is -2.44. The number of carbonyl (C=O) groups excluding carboxylic acids is 1. The monoisotopic (exact) mass is 511 g/mol. The number of allylic oxidation sites excluding steroid dienone is 1. The minimum atomic E-state index is -0.514. The molecule has 4 aromatic rings. The van der Waals surface area contributed by atoms with Gasteiger partial charge in [-0.15, -0.1) is 10.2 Å². The SMILES string of the molecule is Cc1nc2c(N3CCN(C=CC=O)CC3)nnc(-c3ccccc3C(C)C)c2cc1-c1c(O)cccc1F. The molecule has 3 heterocycles. The maximum Gasteiger partial charge on any atom is 0.178 e. The standard InChI is InChI=1S/C30H30FN5O2/c1-19(2)21-8-4-5-9-22(21)28-24-18-23(27-25(31)10-6-11-26(27)38)20(3)32-29(24)30(34-33-28)36-15-13-35(14-16-36)12-7-17-37/h4-12,17-19,38H,13-16H2,1-3H3. The van der Waals surface area contributed by atoms with E-state index >= 15 is 0 Å². The molecule has 0 amide bonds. The summed E-state index contributed by atoms with van der Waals surface area (Å²) in [5.74, 6) is 0.265. The molecule has 2 aromatic carbocycles. The van der Waals surface area contributed by atoms with Crippen molar-refractivity contribution in [1.82, 2.24) is 20.1 Å². The molecule has 0 spiro atoms. The molecule has 1 aliphatic rings. The molecule has 1 aliphatic heterocycles. The van der Waals surface area contributed by atoms with Crippen molar-refractivity contribution in [3.63, 3.8) is 0 Å². The van der Waals surface area contributed by atoms with E-state index in [1.807, 2.05) is 31.2 Å². The summed E-state index contributed by atoms with van der Waals surface area (Å²) in [6.07, 6.45) is 4.07. The third-order valence-corrected chi connectivity index (χ3v) is 7.01. The van der Waals surface area contributed by atoms with E-state index in [0.29, 0.717) is 41.4 Å². The number of phenolic OH excluding ortho intramolecular Hbond substituents is 1. The fourth-order valence-corrected chi connectivity index (χ4v) is 5.06. The van der Waals surface area contributed by atoms with Crippen LogP contribution in [-0.2, 0) is 4.79 Å². The second kappa shape index (κ2) is 10.6. The highest BCUT2D eigenvalue weighted by atomic mass is 19.1. The molecule has 0 bridgehead atoms. The van der Waals surface area contributed by atoms with Gasteiger partial charge in [0.1, 0.15) is 29.1 Å². The van der Waals surface area contributed by atoms with Crippen molar-refractivity contribution in [3.8, 4) is 28.1 Å². The smallest absolute Gasteiger partial charge is 0.178 e. The van der Waals surface area contributed by atoms with Gasteiger partial charge in [0.15, 0.2) is 5.82 Å². The Bertz CT molecular complexity index is 1510. The van der Waals surface area contributed by atoms with Crippen LogP contribution in [0.5, 0.6) is 5.75 Å². The number of anilines is 1. The number of pyridine rings is 1. The van der Waals surface area contributed by atoms with Gasteiger partial charge in [0, 0.05) is 54.6 Å². The van der Waals surface area contributed by atoms with Crippen LogP contribution in [0, 0.1) is 12.7 Å². The minimum Gasteiger partial charge on any atom is -0.507 e. The van der Waals surface area contributed by atoms with Gasteiger partial charge in [-0.1, -0.05) is 44.2 Å². The molecule has 38 heavy (non-hydrogen) atoms. The van der Waals surface area contributed by atoms with Crippen LogP contribution in [0.4, 0.5) is 10.2 Å². The first-order valence-corrected chi connectivity index (χ1v) is 12.7. The minimum absolute atomic E-state index is 0.122. The summed E-state index contributed by atoms with van der Waals surface area (Å²) in [5.41, 5.74) is 4.65. The Morgan fingerprint density at radius 2 is 1.76 bits per heavy atom. The number of aldehydes is 1. The average Bonchev–Trinajstić information content (AvgIpc) is 2.92. The van der Waals surface area contributed by atoms with E-state index in [-0.39, 0.29) is 17.2 Å². The summed E-state index contributed by atoms with van der Waals surface area (Å²) >= 11 is 0. The van der Waals surface area contributed by atoms with Crippen LogP contribution in [0.3, 0.4) is 0 Å². The molecule has 7 nitrogen and oxygen atoms in total. The van der Waals surface area contributed by atoms with Gasteiger partial charge in [0.2, 0.25) is 0 Å². The Labute approximate surface area is 221 Å². The third kappa shape index (κ3) is 4.69. The van der Waals surface area contributed by atoms with Gasteiger partial charge in [0.25, 0.3) is 0 Å². The summed E-state index contributed by atoms with van der Waals surface area (Å²) in [5, 5.41) is 20.7. The van der Waals surface area contributed by atoms with Gasteiger partial charge in [-0.3, -0.25) is 4.79 Å². The maximum atomic E-state index is 14.9. The van der Waals surface area contributed by atoms with Gasteiger partial charge in [-0.25, -0.2) is 9.37 Å². The lowest BCUT2D eigenvalue weighted by molar-refractivity contribution is -0.104. The third-order valence-electron chi connectivity index (χ3n) is 7.01. The Balaban J connectivity index is 1.71. The second-order valence-electron chi connectivity index (χ2n) is 9.77. The molecule has 0 saturated carbocycles. The quantitative estimate of drug-likeness (QED) is 0.272. The first-order valence-electron chi connectivity index (χ1n) is 12.7. The number of hydrogen-bond acceptors (Lipinski definition) is 7. The van der Waals surface area contributed by atoms with E-state index in [2.05, 4.69) is 34.8 Å². The summed E-state index contributed by atoms with van der Waals surface area (Å²) in [6, 6.07) is 14.3. The number of benzene rings is 2. The molecule has 1 fully saturated rings. The number of aromatic nitrogens is 3. The summed E-state index contributed by atoms with van der Waals surface area (Å²) in [7, 11) is 0. The Morgan fingerprint density at radius 1 is 1.00 bits per heavy atom. The largest absolute Gasteiger partial charge is 0.507 e. The van der Waals surface area contributed by atoms with Crippen LogP contribution in [0.2, 0.25) is 0 Å². The first-order chi connectivity index (χ1) is 18.4. The van der Waals surface area contributed by atoms with Crippen molar-refractivity contribution in [3.05, 3.63) is 77.9 Å². The fourth-order valence-electron chi connectivity index (χ4n) is 5.06. The lowest BCUT2D eigenvalue weighted by atomic mass is 9.92. The predicted octanol–water partition coefficient (Wildman–Crippen LogP) is 5.47. The molecule has 0 unspecified atom stereocenters. The fraction of sp³-hybridized carbons (Fsp3) is 0.267. The lowest BCUT2D eigenvalue weighted by Gasteiger charge is -2.34. The molecule has 8 heteroatoms. The van der Waals surface area contributed by atoms with Crippen LogP contribution in [0.1, 0.15) is 31.0 Å². The van der Waals surface area contributed by atoms with E-state index in [1.165, 1.54) is 24.3 Å². The zero-order chi connectivity index (χ0) is 26.8. The molecule has 194 valence electrons. The van der Waals surface area contributed by atoms with E-state index in [9.17, 15) is 14.3 Å². The van der Waals surface area contributed by atoms with Crippen molar-refractivity contribution >= 4 is 23.0 Å². The zero-order valence-electron chi connectivity index (χ0n) is 21.7. The van der Waals surface area contributed by atoms with E-state index in [0.717, 1.165) is 35.9 Å². The Morgan fingerprint density at radius 3 is 2.47 bits per heavy atom. The summed E-state index contributed by atoms with van der Waals surface area (Å²) in [4.78, 5) is 19.9. The number of aromatic hydroxyl groups is 1. The first kappa shape index (κ1) is 25.3. The second-order valence-corrected chi connectivity index (χ2v) is 9.77. The number of rotatable bonds is 6. The number of phenols is 1. The molecule has 0 aliphatic carbocycles. The van der Waals surface area contributed by atoms with Crippen LogP contribution in [0.15, 0.2) is 60.8 Å². The van der Waals surface area contributed by atoms with Gasteiger partial charge >= 0.3 is 0 Å². The molecule has 5 rings (SSSR count). The molecule has 1 saturated heterocycles. The van der Waals surface area contributed by atoms with Gasteiger partial charge in [-0.2, -0.15) is 0 Å². The van der Waals surface area contributed by atoms with Crippen LogP contribution >= 0.6 is 0 Å². The summed E-state index contributed by atoms with van der Waals surface area (Å²) in [6.45, 7) is 8.90. The van der Waals surface area contributed by atoms with Crippen molar-refractivity contribution in [2.45, 2.75) is 26.7 Å². The number of aryl methyl sites for hydroxylation is 1. The van der Waals surface area contributed by atoms with Crippen LogP contribution in [0.25, 0.3) is 33.3 Å². The van der Waals surface area contributed by atoms with Gasteiger partial charge < -0.3 is 14.9 Å². The molecule has 1 N–H and O–H groups in total. The highest BCUT2D eigenvalue weighted by molar-refractivity contribution is 6.01. The number of piperazine rings is 1. The normalized spacial score (nSPS) is 14.1. The maximum absolute atomic E-state index is 14.9. The Kier molecular flexibility index (Phi) is 7.05. The zero-order valence-corrected chi connectivity index (χ0v) is 21.7. The van der Waals surface area contributed by atoms with E-state index in [4.69, 9.17) is 10.1 Å². The van der Waals surface area contributed by atoms with Gasteiger partial charge in [0.05, 0.1) is 5.56 Å². The van der Waals surface area contributed by atoms with Crippen LogP contribution < -0.4 is 4.90 Å². The number of hydrogen-bond donors (Lipinski definition) is 1. The summed E-state index contributed by atoms with van der Waals surface area (Å²) < 4.78 is 14.9. The van der Waals surface area contributed by atoms with Crippen molar-refractivity contribution in [1.29, 1.82) is 0 Å². The molecule has 0 atom stereocenters. The topological polar surface area (TPSA) is 82.5 Å². The van der Waals surface area contributed by atoms with Crippen molar-refractivity contribution < 1.29 is 14.3 Å². The highest BCUT2D eigenvalue weighted by Crippen LogP contribution is 2.40. The number of halogens is 1. The van der Waals surface area contributed by atoms with Crippen molar-refractivity contribution in [2.24, 2.45) is 0 Å². The molecule has 0 radical (unpaired) electrons. The Hall–Kier alpha value is -4.33. The number of carbonyl (C=O) groups is 1. The predicted molar refractivity (Wildman–Crippen MR) is 148 cm³/mol. The van der Waals surface area contributed by atoms with Gasteiger partial charge in [-0.05, 0) is 42.7 Å². The number of nitrogens with zero attached hydrogens (tertiary/aromatic N) is 5. The van der Waals surface area contributed by atoms with Crippen molar-refractivity contribution in [2.75, 3.05) is 31.1 Å². The highest BCUT2D eigenvalue weighted by Gasteiger charge is 2.24. The number of fused-ring (bicyclic) bond motifs is 1. The van der Waals surface area contributed by atoms with Crippen LogP contribution in [-0.4, -0.2) is 57.7 Å². The molecular weight excluding hydrogens is 481 g/mol. The average molecular weight is 512 g/mol. The molecule has 2 aromatic heterocycles.